The maximum Gasteiger partial charge on any atom is 0.110 e. The van der Waals surface area contributed by atoms with E-state index < -0.39 is 0 Å². The van der Waals surface area contributed by atoms with E-state index in [-0.39, 0.29) is 9.80 Å². The molecule has 1 atom stereocenters. The van der Waals surface area contributed by atoms with Crippen LogP contribution in [0.3, 0.4) is 0 Å². The number of hydrogen-bond acceptors (Lipinski definition) is 2. The third-order valence-corrected chi connectivity index (χ3v) is 7.31. The average molecular weight is 310 g/mol. The molecule has 0 saturated heterocycles. The first-order valence-corrected chi connectivity index (χ1v) is 9.32. The molecule has 0 N–H and O–H groups in total. The minimum atomic E-state index is -0.192. The molecule has 2 aromatic rings. The molecule has 0 aliphatic carbocycles. The zero-order valence-corrected chi connectivity index (χ0v) is 13.2. The van der Waals surface area contributed by atoms with Crippen molar-refractivity contribution in [3.05, 3.63) is 83.6 Å². The highest BCUT2D eigenvalue weighted by Crippen LogP contribution is 2.57. The van der Waals surface area contributed by atoms with Crippen LogP contribution in [-0.2, 0) is 4.18 Å². The van der Waals surface area contributed by atoms with E-state index in [1.54, 1.807) is 0 Å². The van der Waals surface area contributed by atoms with Gasteiger partial charge in [-0.15, -0.1) is 0 Å². The smallest absolute Gasteiger partial charge is 0.110 e. The molecule has 1 nitrogen and oxygen atoms in total. The average Bonchev–Trinajstić information content (AvgIpc) is 3.10. The Balaban J connectivity index is 1.77. The normalized spacial score (nSPS) is 20.3. The van der Waals surface area contributed by atoms with Gasteiger partial charge in [0.1, 0.15) is 6.26 Å². The van der Waals surface area contributed by atoms with Crippen LogP contribution < -0.4 is 0 Å². The zero-order valence-electron chi connectivity index (χ0n) is 11.6. The van der Waals surface area contributed by atoms with Gasteiger partial charge in [-0.25, -0.2) is 0 Å². The Bertz CT molecular complexity index is 786. The molecular formula is C18H14OS2. The van der Waals surface area contributed by atoms with Gasteiger partial charge in [-0.3, -0.25) is 0 Å². The van der Waals surface area contributed by atoms with Gasteiger partial charge in [-0.2, -0.15) is 0 Å². The van der Waals surface area contributed by atoms with Crippen LogP contribution in [0, 0.1) is 0 Å². The molecule has 2 aromatic carbocycles. The lowest BCUT2D eigenvalue weighted by molar-refractivity contribution is 0.580. The molecule has 2 heterocycles. The largest absolute Gasteiger partial charge is 0.430 e. The molecule has 21 heavy (non-hydrogen) atoms. The van der Waals surface area contributed by atoms with Gasteiger partial charge in [0.15, 0.2) is 0 Å². The van der Waals surface area contributed by atoms with Crippen molar-refractivity contribution >= 4 is 35.9 Å². The monoisotopic (exact) mass is 310 g/mol. The second-order valence-corrected chi connectivity index (χ2v) is 8.01. The summed E-state index contributed by atoms with van der Waals surface area (Å²) < 4.78 is 5.92. The molecule has 3 heteroatoms. The first-order chi connectivity index (χ1) is 10.3. The lowest BCUT2D eigenvalue weighted by Gasteiger charge is -2.07. The highest BCUT2D eigenvalue weighted by Gasteiger charge is 2.31. The topological polar surface area (TPSA) is 9.23 Å². The Labute approximate surface area is 130 Å². The Kier molecular flexibility index (Phi) is 3.24. The molecule has 0 bridgehead atoms. The van der Waals surface area contributed by atoms with Crippen molar-refractivity contribution in [3.8, 4) is 0 Å². The van der Waals surface area contributed by atoms with Gasteiger partial charge in [0.2, 0.25) is 0 Å². The van der Waals surface area contributed by atoms with Gasteiger partial charge < -0.3 is 4.18 Å². The molecular weight excluding hydrogens is 296 g/mol. The summed E-state index contributed by atoms with van der Waals surface area (Å²) in [5.74, 6) is 0. The van der Waals surface area contributed by atoms with E-state index in [2.05, 4.69) is 61.5 Å². The van der Waals surface area contributed by atoms with Gasteiger partial charge in [-0.1, -0.05) is 60.7 Å². The van der Waals surface area contributed by atoms with Crippen molar-refractivity contribution in [2.45, 2.75) is 6.92 Å². The number of benzene rings is 2. The van der Waals surface area contributed by atoms with E-state index in [1.165, 1.54) is 32.0 Å². The standard InChI is InChI=1S/C18H14OS2/c1-13-17(15-10-6-3-7-11-15)20-21-18(13)16(12-19-21)14-8-4-2-5-9-14/h2-12H,1H3. The van der Waals surface area contributed by atoms with Crippen LogP contribution in [0.25, 0.3) is 10.5 Å². The highest BCUT2D eigenvalue weighted by molar-refractivity contribution is 8.86. The van der Waals surface area contributed by atoms with Crippen LogP contribution in [0.2, 0.25) is 0 Å². The molecule has 0 saturated carbocycles. The molecule has 0 spiro atoms. The summed E-state index contributed by atoms with van der Waals surface area (Å²) in [6, 6.07) is 21.1. The quantitative estimate of drug-likeness (QED) is 0.534. The molecule has 4 rings (SSSR count). The Morgan fingerprint density at radius 1 is 0.857 bits per heavy atom. The lowest BCUT2D eigenvalue weighted by Crippen LogP contribution is -1.99. The van der Waals surface area contributed by atoms with Gasteiger partial charge in [-0.05, 0) is 34.4 Å². The summed E-state index contributed by atoms with van der Waals surface area (Å²) in [7, 11) is 1.64. The van der Waals surface area contributed by atoms with Crippen LogP contribution in [0.1, 0.15) is 18.1 Å². The highest BCUT2D eigenvalue weighted by atomic mass is 33.1. The van der Waals surface area contributed by atoms with Crippen molar-refractivity contribution in [2.24, 2.45) is 0 Å². The van der Waals surface area contributed by atoms with Crippen molar-refractivity contribution in [1.29, 1.82) is 0 Å². The minimum Gasteiger partial charge on any atom is -0.430 e. The van der Waals surface area contributed by atoms with E-state index in [0.29, 0.717) is 0 Å². The fraction of sp³-hybridized carbons (Fsp3) is 0.0556. The third-order valence-electron chi connectivity index (χ3n) is 3.63. The summed E-state index contributed by atoms with van der Waals surface area (Å²) in [6.07, 6.45) is 1.92. The van der Waals surface area contributed by atoms with E-state index in [9.17, 15) is 0 Å². The second kappa shape index (κ2) is 5.24. The number of rotatable bonds is 2. The molecule has 0 amide bonds. The van der Waals surface area contributed by atoms with Crippen LogP contribution in [0.4, 0.5) is 0 Å². The molecule has 0 aromatic heterocycles. The van der Waals surface area contributed by atoms with E-state index >= 15 is 0 Å². The SMILES string of the molecule is CC1=C(c2ccccc2)SS2=C1C(c1ccccc1)=CO2. The fourth-order valence-electron chi connectivity index (χ4n) is 2.58. The predicted molar refractivity (Wildman–Crippen MR) is 94.7 cm³/mol. The van der Waals surface area contributed by atoms with E-state index in [1.807, 2.05) is 23.1 Å². The van der Waals surface area contributed by atoms with Crippen molar-refractivity contribution < 1.29 is 4.18 Å². The van der Waals surface area contributed by atoms with Crippen LogP contribution in [-0.4, -0.2) is 4.86 Å². The van der Waals surface area contributed by atoms with Crippen molar-refractivity contribution in [2.75, 3.05) is 0 Å². The molecule has 0 fully saturated rings. The van der Waals surface area contributed by atoms with Crippen molar-refractivity contribution in [3.63, 3.8) is 0 Å². The lowest BCUT2D eigenvalue weighted by atomic mass is 9.98. The minimum absolute atomic E-state index is 0.192. The van der Waals surface area contributed by atoms with Gasteiger partial charge in [0, 0.05) is 10.5 Å². The molecule has 2 aliphatic heterocycles. The van der Waals surface area contributed by atoms with Crippen LogP contribution >= 0.6 is 20.6 Å². The summed E-state index contributed by atoms with van der Waals surface area (Å²) in [5, 5.41) is 0. The van der Waals surface area contributed by atoms with E-state index in [0.717, 1.165) is 0 Å². The molecule has 0 radical (unpaired) electrons. The Hall–Kier alpha value is -1.71. The molecule has 2 aliphatic rings. The number of hydrogen-bond donors (Lipinski definition) is 0. The second-order valence-electron chi connectivity index (χ2n) is 4.96. The Morgan fingerprint density at radius 3 is 2.14 bits per heavy atom. The number of allylic oxidation sites excluding steroid dienone is 2. The first-order valence-electron chi connectivity index (χ1n) is 6.84. The maximum atomic E-state index is 5.92. The predicted octanol–water partition coefficient (Wildman–Crippen LogP) is 5.51. The van der Waals surface area contributed by atoms with Crippen LogP contribution in [0.15, 0.2) is 72.5 Å². The third kappa shape index (κ3) is 2.17. The fourth-order valence-corrected chi connectivity index (χ4v) is 6.61. The summed E-state index contributed by atoms with van der Waals surface area (Å²) in [5.41, 5.74) is 5.10. The summed E-state index contributed by atoms with van der Waals surface area (Å²) in [6.45, 7) is 2.21. The van der Waals surface area contributed by atoms with E-state index in [4.69, 9.17) is 4.18 Å². The Morgan fingerprint density at radius 2 is 1.48 bits per heavy atom. The summed E-state index contributed by atoms with van der Waals surface area (Å²) >= 11 is 0. The van der Waals surface area contributed by atoms with Gasteiger partial charge >= 0.3 is 0 Å². The maximum absolute atomic E-state index is 5.92. The van der Waals surface area contributed by atoms with Crippen molar-refractivity contribution in [1.82, 2.24) is 0 Å². The zero-order chi connectivity index (χ0) is 14.2. The first kappa shape index (κ1) is 13.0. The molecule has 1 unspecified atom stereocenters. The molecule has 104 valence electrons. The van der Waals surface area contributed by atoms with Gasteiger partial charge in [0.05, 0.1) is 14.7 Å². The van der Waals surface area contributed by atoms with Crippen LogP contribution in [0.5, 0.6) is 0 Å². The van der Waals surface area contributed by atoms with Gasteiger partial charge in [0.25, 0.3) is 0 Å². The summed E-state index contributed by atoms with van der Waals surface area (Å²) in [4.78, 5) is 2.69.